The van der Waals surface area contributed by atoms with E-state index in [1.54, 1.807) is 12.1 Å². The van der Waals surface area contributed by atoms with Gasteiger partial charge in [0.15, 0.2) is 11.6 Å². The highest BCUT2D eigenvalue weighted by Gasteiger charge is 2.32. The van der Waals surface area contributed by atoms with Crippen LogP contribution in [0.5, 0.6) is 0 Å². The summed E-state index contributed by atoms with van der Waals surface area (Å²) in [7, 11) is -4.07. The summed E-state index contributed by atoms with van der Waals surface area (Å²) in [6.07, 6.45) is 4.53. The van der Waals surface area contributed by atoms with Crippen LogP contribution in [0.15, 0.2) is 36.4 Å². The van der Waals surface area contributed by atoms with E-state index in [0.29, 0.717) is 21.0 Å². The summed E-state index contributed by atoms with van der Waals surface area (Å²) in [5, 5.41) is 3.59. The van der Waals surface area contributed by atoms with Crippen LogP contribution in [0.4, 0.5) is 14.5 Å². The van der Waals surface area contributed by atoms with Gasteiger partial charge in [-0.05, 0) is 49.6 Å². The Hall–Kier alpha value is -2.43. The Balaban J connectivity index is 1.92. The van der Waals surface area contributed by atoms with Gasteiger partial charge in [0.05, 0.1) is 11.9 Å². The van der Waals surface area contributed by atoms with Crippen LogP contribution in [0.25, 0.3) is 0 Å². The van der Waals surface area contributed by atoms with Crippen molar-refractivity contribution in [2.45, 2.75) is 51.2 Å². The third-order valence-corrected chi connectivity index (χ3v) is 7.82. The molecular formula is C24H27Cl2F2N3O4S. The third-order valence-electron chi connectivity index (χ3n) is 6.10. The molecule has 36 heavy (non-hydrogen) atoms. The molecule has 2 amide bonds. The molecular weight excluding hydrogens is 535 g/mol. The second-order valence-electron chi connectivity index (χ2n) is 8.79. The molecule has 1 aliphatic carbocycles. The molecule has 0 radical (unpaired) electrons. The van der Waals surface area contributed by atoms with Crippen LogP contribution in [0.1, 0.15) is 38.2 Å². The largest absolute Gasteiger partial charge is 0.352 e. The highest BCUT2D eigenvalue weighted by Crippen LogP contribution is 2.25. The van der Waals surface area contributed by atoms with Crippen LogP contribution >= 0.6 is 23.2 Å². The summed E-state index contributed by atoms with van der Waals surface area (Å²) in [5.74, 6) is -3.54. The number of nitrogens with zero attached hydrogens (tertiary/aromatic N) is 2. The molecule has 0 aliphatic heterocycles. The standard InChI is InChI=1S/C24H27Cl2F2N3O4S/c1-15(24(33)29-18-5-3-4-6-18)30(13-16-7-8-17(25)11-20(16)26)23(32)14-31(36(2,34)35)19-9-10-21(27)22(28)12-19/h7-12,15,18H,3-6,13-14H2,1-2H3,(H,29,33)/t15-/m0/s1. The Kier molecular flexibility index (Phi) is 9.18. The maximum absolute atomic E-state index is 13.8. The molecule has 0 unspecified atom stereocenters. The number of anilines is 1. The monoisotopic (exact) mass is 561 g/mol. The lowest BCUT2D eigenvalue weighted by Gasteiger charge is -2.32. The number of carbonyl (C=O) groups is 2. The van der Waals surface area contributed by atoms with E-state index in [1.807, 2.05) is 0 Å². The molecule has 1 atom stereocenters. The topological polar surface area (TPSA) is 86.8 Å². The highest BCUT2D eigenvalue weighted by atomic mass is 35.5. The maximum atomic E-state index is 13.8. The quantitative estimate of drug-likeness (QED) is 0.487. The number of sulfonamides is 1. The summed E-state index contributed by atoms with van der Waals surface area (Å²) < 4.78 is 52.9. The van der Waals surface area contributed by atoms with Gasteiger partial charge in [0.25, 0.3) is 0 Å². The SMILES string of the molecule is C[C@@H](C(=O)NC1CCCC1)N(Cc1ccc(Cl)cc1Cl)C(=O)CN(c1ccc(F)c(F)c1)S(C)(=O)=O. The van der Waals surface area contributed by atoms with E-state index in [2.05, 4.69) is 5.32 Å². The van der Waals surface area contributed by atoms with Crippen molar-refractivity contribution < 1.29 is 26.8 Å². The number of hydrogen-bond acceptors (Lipinski definition) is 4. The normalized spacial score (nSPS) is 14.9. The molecule has 3 rings (SSSR count). The van der Waals surface area contributed by atoms with E-state index in [0.717, 1.165) is 44.1 Å². The lowest BCUT2D eigenvalue weighted by Crippen LogP contribution is -2.52. The van der Waals surface area contributed by atoms with E-state index in [1.165, 1.54) is 17.9 Å². The van der Waals surface area contributed by atoms with Gasteiger partial charge in [-0.25, -0.2) is 17.2 Å². The highest BCUT2D eigenvalue weighted by molar-refractivity contribution is 7.92. The first-order valence-corrected chi connectivity index (χ1v) is 13.9. The van der Waals surface area contributed by atoms with Crippen LogP contribution in [0.3, 0.4) is 0 Å². The van der Waals surface area contributed by atoms with Gasteiger partial charge in [0.2, 0.25) is 21.8 Å². The van der Waals surface area contributed by atoms with Gasteiger partial charge in [0, 0.05) is 28.7 Å². The predicted octanol–water partition coefficient (Wildman–Crippen LogP) is 4.51. The second kappa shape index (κ2) is 11.7. The number of benzene rings is 2. The molecule has 0 bridgehead atoms. The van der Waals surface area contributed by atoms with E-state index in [-0.39, 0.29) is 29.2 Å². The van der Waals surface area contributed by atoms with Gasteiger partial charge in [-0.2, -0.15) is 0 Å². The zero-order valence-corrected chi connectivity index (χ0v) is 22.1. The van der Waals surface area contributed by atoms with Crippen molar-refractivity contribution in [1.82, 2.24) is 10.2 Å². The molecule has 2 aromatic carbocycles. The third kappa shape index (κ3) is 7.08. The van der Waals surface area contributed by atoms with Crippen LogP contribution in [0.2, 0.25) is 10.0 Å². The first kappa shape index (κ1) is 28.1. The summed E-state index contributed by atoms with van der Waals surface area (Å²) in [6.45, 7) is 0.688. The van der Waals surface area contributed by atoms with Crippen molar-refractivity contribution in [3.05, 3.63) is 63.6 Å². The van der Waals surface area contributed by atoms with Crippen LogP contribution in [-0.4, -0.2) is 50.0 Å². The molecule has 1 saturated carbocycles. The lowest BCUT2D eigenvalue weighted by molar-refractivity contribution is -0.139. The molecule has 0 aromatic heterocycles. The van der Waals surface area contributed by atoms with Crippen molar-refractivity contribution in [3.8, 4) is 0 Å². The van der Waals surface area contributed by atoms with Crippen LogP contribution < -0.4 is 9.62 Å². The number of nitrogens with one attached hydrogen (secondary N) is 1. The first-order valence-electron chi connectivity index (χ1n) is 11.3. The Labute approximate surface area is 219 Å². The van der Waals surface area contributed by atoms with Gasteiger partial charge in [0.1, 0.15) is 12.6 Å². The van der Waals surface area contributed by atoms with Gasteiger partial charge in [-0.3, -0.25) is 13.9 Å². The summed E-state index contributed by atoms with van der Waals surface area (Å²) in [4.78, 5) is 27.7. The zero-order chi connectivity index (χ0) is 26.6. The Morgan fingerprint density at radius 3 is 2.33 bits per heavy atom. The molecule has 0 heterocycles. The van der Waals surface area contributed by atoms with Crippen molar-refractivity contribution in [2.24, 2.45) is 0 Å². The molecule has 0 saturated heterocycles. The van der Waals surface area contributed by atoms with E-state index in [4.69, 9.17) is 23.2 Å². The fourth-order valence-corrected chi connectivity index (χ4v) is 5.37. The maximum Gasteiger partial charge on any atom is 0.244 e. The Morgan fingerprint density at radius 1 is 1.08 bits per heavy atom. The van der Waals surface area contributed by atoms with E-state index in [9.17, 15) is 26.8 Å². The Bertz CT molecular complexity index is 1240. The molecule has 1 aliphatic rings. The fraction of sp³-hybridized carbons (Fsp3) is 0.417. The number of halogens is 4. The minimum Gasteiger partial charge on any atom is -0.352 e. The molecule has 12 heteroatoms. The minimum atomic E-state index is -4.07. The number of hydrogen-bond donors (Lipinski definition) is 1. The van der Waals surface area contributed by atoms with Gasteiger partial charge in [-0.1, -0.05) is 42.1 Å². The molecule has 0 spiro atoms. The predicted molar refractivity (Wildman–Crippen MR) is 135 cm³/mol. The first-order chi connectivity index (χ1) is 16.9. The van der Waals surface area contributed by atoms with Crippen molar-refractivity contribution in [3.63, 3.8) is 0 Å². The molecule has 7 nitrogen and oxygen atoms in total. The molecule has 196 valence electrons. The Morgan fingerprint density at radius 2 is 1.75 bits per heavy atom. The molecule has 2 aromatic rings. The van der Waals surface area contributed by atoms with Crippen LogP contribution in [0, 0.1) is 11.6 Å². The smallest absolute Gasteiger partial charge is 0.244 e. The number of rotatable bonds is 9. The fourth-order valence-electron chi connectivity index (χ4n) is 4.06. The average molecular weight is 562 g/mol. The van der Waals surface area contributed by atoms with Crippen LogP contribution in [-0.2, 0) is 26.2 Å². The van der Waals surface area contributed by atoms with Gasteiger partial charge >= 0.3 is 0 Å². The van der Waals surface area contributed by atoms with Crippen molar-refractivity contribution in [1.29, 1.82) is 0 Å². The van der Waals surface area contributed by atoms with Gasteiger partial charge in [-0.15, -0.1) is 0 Å². The molecule has 1 fully saturated rings. The summed E-state index contributed by atoms with van der Waals surface area (Å²) in [5.41, 5.74) is 0.269. The second-order valence-corrected chi connectivity index (χ2v) is 11.5. The summed E-state index contributed by atoms with van der Waals surface area (Å²) >= 11 is 12.3. The number of amides is 2. The van der Waals surface area contributed by atoms with Crippen molar-refractivity contribution in [2.75, 3.05) is 17.1 Å². The summed E-state index contributed by atoms with van der Waals surface area (Å²) in [6, 6.07) is 6.24. The van der Waals surface area contributed by atoms with Crippen molar-refractivity contribution >= 4 is 50.7 Å². The minimum absolute atomic E-state index is 0.00531. The van der Waals surface area contributed by atoms with E-state index < -0.39 is 40.2 Å². The lowest BCUT2D eigenvalue weighted by atomic mass is 10.1. The molecule has 1 N–H and O–H groups in total. The average Bonchev–Trinajstić information content (AvgIpc) is 3.30. The number of carbonyl (C=O) groups excluding carboxylic acids is 2. The van der Waals surface area contributed by atoms with Gasteiger partial charge < -0.3 is 10.2 Å². The van der Waals surface area contributed by atoms with E-state index >= 15 is 0 Å². The zero-order valence-electron chi connectivity index (χ0n) is 19.8.